The van der Waals surface area contributed by atoms with Crippen molar-refractivity contribution in [1.82, 2.24) is 0 Å². The summed E-state index contributed by atoms with van der Waals surface area (Å²) in [4.78, 5) is 0. The Kier molecular flexibility index (Phi) is 5.19. The van der Waals surface area contributed by atoms with E-state index < -0.39 is 0 Å². The maximum Gasteiger partial charge on any atom is 0.125 e. The summed E-state index contributed by atoms with van der Waals surface area (Å²) in [7, 11) is 0. The first-order chi connectivity index (χ1) is 9.20. The fourth-order valence-corrected chi connectivity index (χ4v) is 2.45. The SMILES string of the molecule is CCC(N)C(Oc1c(C)cc(C#N)cc1C)C(C)(C)C. The van der Waals surface area contributed by atoms with E-state index in [1.165, 1.54) is 0 Å². The van der Waals surface area contributed by atoms with Crippen molar-refractivity contribution in [3.8, 4) is 11.8 Å². The monoisotopic (exact) mass is 274 g/mol. The first-order valence-electron chi connectivity index (χ1n) is 7.14. The predicted molar refractivity (Wildman–Crippen MR) is 82.8 cm³/mol. The summed E-state index contributed by atoms with van der Waals surface area (Å²) in [6.45, 7) is 12.4. The molecule has 0 spiro atoms. The van der Waals surface area contributed by atoms with Crippen LogP contribution in [0.15, 0.2) is 12.1 Å². The predicted octanol–water partition coefficient (Wildman–Crippen LogP) is 3.71. The van der Waals surface area contributed by atoms with Crippen LogP contribution < -0.4 is 10.5 Å². The molecule has 110 valence electrons. The van der Waals surface area contributed by atoms with Crippen molar-refractivity contribution in [2.24, 2.45) is 11.1 Å². The van der Waals surface area contributed by atoms with Crippen LogP contribution in [-0.2, 0) is 0 Å². The van der Waals surface area contributed by atoms with Crippen LogP contribution in [0.2, 0.25) is 0 Å². The van der Waals surface area contributed by atoms with E-state index in [1.807, 2.05) is 26.0 Å². The highest BCUT2D eigenvalue weighted by molar-refractivity contribution is 5.47. The van der Waals surface area contributed by atoms with Crippen molar-refractivity contribution in [3.63, 3.8) is 0 Å². The highest BCUT2D eigenvalue weighted by Gasteiger charge is 2.32. The van der Waals surface area contributed by atoms with Gasteiger partial charge in [-0.2, -0.15) is 5.26 Å². The fraction of sp³-hybridized carbons (Fsp3) is 0.588. The molecule has 1 aromatic carbocycles. The lowest BCUT2D eigenvalue weighted by molar-refractivity contribution is 0.0609. The zero-order valence-electron chi connectivity index (χ0n) is 13.4. The third-order valence-electron chi connectivity index (χ3n) is 3.55. The van der Waals surface area contributed by atoms with Crippen molar-refractivity contribution in [2.75, 3.05) is 0 Å². The molecule has 0 saturated heterocycles. The van der Waals surface area contributed by atoms with E-state index in [4.69, 9.17) is 15.7 Å². The van der Waals surface area contributed by atoms with Crippen molar-refractivity contribution in [2.45, 2.75) is 60.1 Å². The van der Waals surface area contributed by atoms with Gasteiger partial charge in [-0.05, 0) is 43.5 Å². The molecule has 3 nitrogen and oxygen atoms in total. The highest BCUT2D eigenvalue weighted by atomic mass is 16.5. The molecule has 2 N–H and O–H groups in total. The molecule has 0 aliphatic heterocycles. The van der Waals surface area contributed by atoms with Gasteiger partial charge in [0.05, 0.1) is 11.6 Å². The topological polar surface area (TPSA) is 59.0 Å². The van der Waals surface area contributed by atoms with Crippen molar-refractivity contribution < 1.29 is 4.74 Å². The Bertz CT molecular complexity index is 486. The van der Waals surface area contributed by atoms with Gasteiger partial charge in [0.25, 0.3) is 0 Å². The maximum absolute atomic E-state index is 9.00. The largest absolute Gasteiger partial charge is 0.488 e. The summed E-state index contributed by atoms with van der Waals surface area (Å²) in [5, 5.41) is 9.00. The fourth-order valence-electron chi connectivity index (χ4n) is 2.45. The van der Waals surface area contributed by atoms with Gasteiger partial charge in [-0.3, -0.25) is 0 Å². The standard InChI is InChI=1S/C17H26N2O/c1-7-14(19)16(17(4,5)6)20-15-11(2)8-13(10-18)9-12(15)3/h8-9,14,16H,7,19H2,1-6H3. The molecule has 0 amide bonds. The van der Waals surface area contributed by atoms with Crippen molar-refractivity contribution >= 4 is 0 Å². The summed E-state index contributed by atoms with van der Waals surface area (Å²) in [6, 6.07) is 5.88. The average Bonchev–Trinajstić information content (AvgIpc) is 2.35. The third-order valence-corrected chi connectivity index (χ3v) is 3.55. The normalized spacial score (nSPS) is 14.5. The molecule has 0 heterocycles. The van der Waals surface area contributed by atoms with Gasteiger partial charge in [0.15, 0.2) is 0 Å². The molecule has 2 unspecified atom stereocenters. The lowest BCUT2D eigenvalue weighted by Gasteiger charge is -2.36. The Morgan fingerprint density at radius 1 is 1.25 bits per heavy atom. The second-order valence-electron chi connectivity index (χ2n) is 6.53. The van der Waals surface area contributed by atoms with Gasteiger partial charge < -0.3 is 10.5 Å². The second kappa shape index (κ2) is 6.28. The number of hydrogen-bond acceptors (Lipinski definition) is 3. The van der Waals surface area contributed by atoms with Gasteiger partial charge in [-0.15, -0.1) is 0 Å². The lowest BCUT2D eigenvalue weighted by atomic mass is 9.83. The number of rotatable bonds is 4. The Morgan fingerprint density at radius 3 is 2.10 bits per heavy atom. The summed E-state index contributed by atoms with van der Waals surface area (Å²) >= 11 is 0. The summed E-state index contributed by atoms with van der Waals surface area (Å²) < 4.78 is 6.26. The van der Waals surface area contributed by atoms with E-state index in [-0.39, 0.29) is 17.6 Å². The number of nitrogens with two attached hydrogens (primary N) is 1. The van der Waals surface area contributed by atoms with E-state index >= 15 is 0 Å². The van der Waals surface area contributed by atoms with E-state index in [0.29, 0.717) is 5.56 Å². The number of benzene rings is 1. The van der Waals surface area contributed by atoms with E-state index in [9.17, 15) is 0 Å². The molecule has 0 fully saturated rings. The van der Waals surface area contributed by atoms with Gasteiger partial charge in [-0.25, -0.2) is 0 Å². The molecular weight excluding hydrogens is 248 g/mol. The number of nitrogens with zero attached hydrogens (tertiary/aromatic N) is 1. The van der Waals surface area contributed by atoms with Gasteiger partial charge in [0.2, 0.25) is 0 Å². The Morgan fingerprint density at radius 2 is 1.75 bits per heavy atom. The number of aryl methyl sites for hydroxylation is 2. The number of hydrogen-bond donors (Lipinski definition) is 1. The zero-order chi connectivity index (χ0) is 15.5. The van der Waals surface area contributed by atoms with Crippen LogP contribution >= 0.6 is 0 Å². The van der Waals surface area contributed by atoms with Crippen LogP contribution in [0.4, 0.5) is 0 Å². The Labute approximate surface area is 122 Å². The number of nitriles is 1. The summed E-state index contributed by atoms with van der Waals surface area (Å²) in [5.74, 6) is 0.854. The van der Waals surface area contributed by atoms with E-state index in [0.717, 1.165) is 23.3 Å². The highest BCUT2D eigenvalue weighted by Crippen LogP contribution is 2.32. The zero-order valence-corrected chi connectivity index (χ0v) is 13.4. The smallest absolute Gasteiger partial charge is 0.125 e. The molecule has 0 bridgehead atoms. The minimum absolute atomic E-state index is 0.00977. The number of ether oxygens (including phenoxy) is 1. The van der Waals surface area contributed by atoms with Crippen LogP contribution in [0.1, 0.15) is 50.8 Å². The molecule has 0 aliphatic carbocycles. The summed E-state index contributed by atoms with van der Waals surface area (Å²) in [5.41, 5.74) is 8.83. The quantitative estimate of drug-likeness (QED) is 0.910. The Hall–Kier alpha value is -1.53. The van der Waals surface area contributed by atoms with Crippen LogP contribution in [0, 0.1) is 30.6 Å². The first kappa shape index (κ1) is 16.5. The molecule has 20 heavy (non-hydrogen) atoms. The lowest BCUT2D eigenvalue weighted by Crippen LogP contribution is -2.47. The molecule has 2 atom stereocenters. The molecule has 0 aromatic heterocycles. The molecular formula is C17H26N2O. The molecule has 0 aliphatic rings. The van der Waals surface area contributed by atoms with E-state index in [2.05, 4.69) is 33.8 Å². The van der Waals surface area contributed by atoms with Gasteiger partial charge in [-0.1, -0.05) is 27.7 Å². The minimum atomic E-state index is -0.0576. The second-order valence-corrected chi connectivity index (χ2v) is 6.53. The van der Waals surface area contributed by atoms with Crippen LogP contribution in [0.25, 0.3) is 0 Å². The summed E-state index contributed by atoms with van der Waals surface area (Å²) in [6.07, 6.45) is 0.814. The molecule has 0 radical (unpaired) electrons. The molecule has 1 rings (SSSR count). The van der Waals surface area contributed by atoms with Crippen molar-refractivity contribution in [3.05, 3.63) is 28.8 Å². The Balaban J connectivity index is 3.16. The van der Waals surface area contributed by atoms with Gasteiger partial charge in [0.1, 0.15) is 11.9 Å². The van der Waals surface area contributed by atoms with Crippen molar-refractivity contribution in [1.29, 1.82) is 5.26 Å². The molecule has 3 heteroatoms. The van der Waals surface area contributed by atoms with Crippen LogP contribution in [-0.4, -0.2) is 12.1 Å². The first-order valence-corrected chi connectivity index (χ1v) is 7.14. The maximum atomic E-state index is 9.00. The van der Waals surface area contributed by atoms with Crippen LogP contribution in [0.5, 0.6) is 5.75 Å². The van der Waals surface area contributed by atoms with Gasteiger partial charge in [0, 0.05) is 11.5 Å². The molecule has 1 aromatic rings. The van der Waals surface area contributed by atoms with Crippen LogP contribution in [0.3, 0.4) is 0 Å². The van der Waals surface area contributed by atoms with Gasteiger partial charge >= 0.3 is 0 Å². The minimum Gasteiger partial charge on any atom is -0.488 e. The average molecular weight is 274 g/mol. The third kappa shape index (κ3) is 3.74. The van der Waals surface area contributed by atoms with E-state index in [1.54, 1.807) is 0 Å². The molecule has 0 saturated carbocycles.